The molecular weight excluding hydrogens is 361 g/mol. The van der Waals surface area contributed by atoms with E-state index in [1.807, 2.05) is 24.3 Å². The third-order valence-electron chi connectivity index (χ3n) is 4.91. The zero-order chi connectivity index (χ0) is 19.5. The van der Waals surface area contributed by atoms with Crippen LogP contribution in [0.3, 0.4) is 0 Å². The second kappa shape index (κ2) is 7.80. The number of carbonyl (C=O) groups excluding carboxylic acids is 1. The predicted octanol–water partition coefficient (Wildman–Crippen LogP) is 4.25. The Morgan fingerprint density at radius 3 is 2.82 bits per heavy atom. The van der Waals surface area contributed by atoms with Crippen LogP contribution in [0.4, 0.5) is 4.39 Å². The number of nitrogens with zero attached hydrogens (tertiary/aromatic N) is 3. The second-order valence-electron chi connectivity index (χ2n) is 6.71. The molecule has 2 aromatic carbocycles. The molecule has 2 heterocycles. The Morgan fingerprint density at radius 1 is 1.21 bits per heavy atom. The molecule has 144 valence electrons. The van der Waals surface area contributed by atoms with Crippen molar-refractivity contribution in [1.29, 1.82) is 0 Å². The van der Waals surface area contributed by atoms with Gasteiger partial charge in [0.1, 0.15) is 17.6 Å². The van der Waals surface area contributed by atoms with Crippen molar-refractivity contribution in [2.45, 2.75) is 25.3 Å². The normalized spacial score (nSPS) is 16.8. The molecule has 1 amide bonds. The maximum absolute atomic E-state index is 13.2. The van der Waals surface area contributed by atoms with Gasteiger partial charge in [-0.25, -0.2) is 4.39 Å². The molecule has 1 atom stereocenters. The van der Waals surface area contributed by atoms with Gasteiger partial charge in [0, 0.05) is 17.7 Å². The SMILES string of the molecule is COc1cccc(-c2noc(C3CCCCN3C(=O)c3ccc(F)cc3)n2)c1. The summed E-state index contributed by atoms with van der Waals surface area (Å²) in [7, 11) is 1.60. The quantitative estimate of drug-likeness (QED) is 0.676. The average molecular weight is 381 g/mol. The smallest absolute Gasteiger partial charge is 0.254 e. The molecule has 7 heteroatoms. The number of hydrogen-bond acceptors (Lipinski definition) is 5. The Kier molecular flexibility index (Phi) is 5.06. The first-order chi connectivity index (χ1) is 13.7. The second-order valence-corrected chi connectivity index (χ2v) is 6.71. The molecule has 1 saturated heterocycles. The van der Waals surface area contributed by atoms with Crippen molar-refractivity contribution < 1.29 is 18.4 Å². The van der Waals surface area contributed by atoms with Crippen molar-refractivity contribution in [3.63, 3.8) is 0 Å². The van der Waals surface area contributed by atoms with E-state index in [0.717, 1.165) is 24.8 Å². The van der Waals surface area contributed by atoms with Crippen molar-refractivity contribution in [2.24, 2.45) is 0 Å². The predicted molar refractivity (Wildman–Crippen MR) is 100 cm³/mol. The molecule has 0 radical (unpaired) electrons. The summed E-state index contributed by atoms with van der Waals surface area (Å²) in [5, 5.41) is 4.09. The molecule has 3 aromatic rings. The lowest BCUT2D eigenvalue weighted by Gasteiger charge is -2.33. The van der Waals surface area contributed by atoms with Gasteiger partial charge >= 0.3 is 0 Å². The molecule has 0 N–H and O–H groups in total. The van der Waals surface area contributed by atoms with Crippen LogP contribution in [0.15, 0.2) is 53.1 Å². The highest BCUT2D eigenvalue weighted by atomic mass is 19.1. The lowest BCUT2D eigenvalue weighted by atomic mass is 10.0. The van der Waals surface area contributed by atoms with Gasteiger partial charge in [0.05, 0.1) is 7.11 Å². The van der Waals surface area contributed by atoms with E-state index >= 15 is 0 Å². The van der Waals surface area contributed by atoms with Gasteiger partial charge in [-0.05, 0) is 55.7 Å². The third kappa shape index (κ3) is 3.60. The van der Waals surface area contributed by atoms with Crippen LogP contribution in [0, 0.1) is 5.82 Å². The first kappa shape index (κ1) is 18.2. The number of carbonyl (C=O) groups is 1. The Balaban J connectivity index is 1.60. The number of hydrogen-bond donors (Lipinski definition) is 0. The summed E-state index contributed by atoms with van der Waals surface area (Å²) in [6.07, 6.45) is 2.61. The van der Waals surface area contributed by atoms with E-state index in [4.69, 9.17) is 9.26 Å². The van der Waals surface area contributed by atoms with Crippen LogP contribution in [0.25, 0.3) is 11.4 Å². The molecule has 0 saturated carbocycles. The number of rotatable bonds is 4. The average Bonchev–Trinajstić information content (AvgIpc) is 3.24. The number of benzene rings is 2. The minimum atomic E-state index is -0.369. The number of halogens is 1. The standard InChI is InChI=1S/C21H20FN3O3/c1-27-17-6-4-5-15(13-17)19-23-20(28-24-19)18-7-2-3-12-25(18)21(26)14-8-10-16(22)11-9-14/h4-6,8-11,13,18H,2-3,7,12H2,1H3. The van der Waals surface area contributed by atoms with Gasteiger partial charge in [-0.1, -0.05) is 17.3 Å². The summed E-state index contributed by atoms with van der Waals surface area (Å²) in [6.45, 7) is 0.595. The summed E-state index contributed by atoms with van der Waals surface area (Å²) >= 11 is 0. The largest absolute Gasteiger partial charge is 0.497 e. The van der Waals surface area contributed by atoms with E-state index in [1.54, 1.807) is 12.0 Å². The van der Waals surface area contributed by atoms with Crippen LogP contribution < -0.4 is 4.74 Å². The van der Waals surface area contributed by atoms with E-state index in [0.29, 0.717) is 29.6 Å². The summed E-state index contributed by atoms with van der Waals surface area (Å²) in [5.41, 5.74) is 1.22. The molecule has 28 heavy (non-hydrogen) atoms. The number of aromatic nitrogens is 2. The first-order valence-electron chi connectivity index (χ1n) is 9.20. The molecule has 0 bridgehead atoms. The highest BCUT2D eigenvalue weighted by molar-refractivity contribution is 5.94. The van der Waals surface area contributed by atoms with Crippen molar-refractivity contribution in [1.82, 2.24) is 15.0 Å². The van der Waals surface area contributed by atoms with Crippen LogP contribution in [-0.2, 0) is 0 Å². The summed E-state index contributed by atoms with van der Waals surface area (Å²) in [6, 6.07) is 12.7. The monoisotopic (exact) mass is 381 g/mol. The molecular formula is C21H20FN3O3. The first-order valence-corrected chi connectivity index (χ1v) is 9.20. The molecule has 6 nitrogen and oxygen atoms in total. The Hall–Kier alpha value is -3.22. The van der Waals surface area contributed by atoms with Gasteiger partial charge in [0.15, 0.2) is 0 Å². The minimum Gasteiger partial charge on any atom is -0.497 e. The van der Waals surface area contributed by atoms with Crippen LogP contribution in [0.1, 0.15) is 41.6 Å². The van der Waals surface area contributed by atoms with E-state index in [1.165, 1.54) is 24.3 Å². The number of ether oxygens (including phenoxy) is 1. The number of methoxy groups -OCH3 is 1. The minimum absolute atomic E-state index is 0.161. The molecule has 4 rings (SSSR count). The lowest BCUT2D eigenvalue weighted by Crippen LogP contribution is -2.38. The van der Waals surface area contributed by atoms with Crippen molar-refractivity contribution in [2.75, 3.05) is 13.7 Å². The Bertz CT molecular complexity index is 971. The van der Waals surface area contributed by atoms with Gasteiger partial charge in [-0.15, -0.1) is 0 Å². The summed E-state index contributed by atoms with van der Waals surface area (Å²) in [5.74, 6) is 1.04. The fraction of sp³-hybridized carbons (Fsp3) is 0.286. The van der Waals surface area contributed by atoms with Gasteiger partial charge in [0.2, 0.25) is 11.7 Å². The van der Waals surface area contributed by atoms with E-state index in [9.17, 15) is 9.18 Å². The van der Waals surface area contributed by atoms with Crippen LogP contribution >= 0.6 is 0 Å². The van der Waals surface area contributed by atoms with E-state index in [-0.39, 0.29) is 17.8 Å². The molecule has 1 unspecified atom stereocenters. The van der Waals surface area contributed by atoms with E-state index < -0.39 is 0 Å². The van der Waals surface area contributed by atoms with Gasteiger partial charge < -0.3 is 14.2 Å². The topological polar surface area (TPSA) is 68.5 Å². The van der Waals surface area contributed by atoms with Crippen molar-refractivity contribution in [3.05, 3.63) is 65.8 Å². The van der Waals surface area contributed by atoms with Crippen molar-refractivity contribution in [3.8, 4) is 17.1 Å². The Labute approximate surface area is 161 Å². The third-order valence-corrected chi connectivity index (χ3v) is 4.91. The summed E-state index contributed by atoms with van der Waals surface area (Å²) in [4.78, 5) is 19.2. The lowest BCUT2D eigenvalue weighted by molar-refractivity contribution is 0.0561. The van der Waals surface area contributed by atoms with Crippen LogP contribution in [0.2, 0.25) is 0 Å². The molecule has 0 aliphatic carbocycles. The molecule has 0 spiro atoms. The molecule has 1 aliphatic rings. The zero-order valence-electron chi connectivity index (χ0n) is 15.5. The highest BCUT2D eigenvalue weighted by Crippen LogP contribution is 2.32. The highest BCUT2D eigenvalue weighted by Gasteiger charge is 2.32. The summed E-state index contributed by atoms with van der Waals surface area (Å²) < 4.78 is 23.9. The van der Waals surface area contributed by atoms with Gasteiger partial charge in [-0.3, -0.25) is 4.79 Å². The fourth-order valence-electron chi connectivity index (χ4n) is 3.44. The fourth-order valence-corrected chi connectivity index (χ4v) is 3.44. The molecule has 1 aliphatic heterocycles. The van der Waals surface area contributed by atoms with Gasteiger partial charge in [-0.2, -0.15) is 4.98 Å². The van der Waals surface area contributed by atoms with Crippen LogP contribution in [-0.4, -0.2) is 34.6 Å². The van der Waals surface area contributed by atoms with E-state index in [2.05, 4.69) is 10.1 Å². The van der Waals surface area contributed by atoms with Crippen molar-refractivity contribution >= 4 is 5.91 Å². The maximum atomic E-state index is 13.2. The Morgan fingerprint density at radius 2 is 2.04 bits per heavy atom. The van der Waals surface area contributed by atoms with Gasteiger partial charge in [0.25, 0.3) is 5.91 Å². The number of amides is 1. The molecule has 1 aromatic heterocycles. The number of likely N-dealkylation sites (tertiary alicyclic amines) is 1. The maximum Gasteiger partial charge on any atom is 0.254 e. The zero-order valence-corrected chi connectivity index (χ0v) is 15.5. The molecule has 1 fully saturated rings. The van der Waals surface area contributed by atoms with Crippen LogP contribution in [0.5, 0.6) is 5.75 Å². The number of piperidine rings is 1.